The van der Waals surface area contributed by atoms with Gasteiger partial charge < -0.3 is 9.47 Å². The van der Waals surface area contributed by atoms with Crippen molar-refractivity contribution in [2.45, 2.75) is 46.3 Å². The van der Waals surface area contributed by atoms with Crippen molar-refractivity contribution in [3.63, 3.8) is 0 Å². The molecule has 0 bridgehead atoms. The summed E-state index contributed by atoms with van der Waals surface area (Å²) in [7, 11) is 1.47. The standard InChI is InChI=1S/C29H33N3O5S/c1-21(2)36-24-19-13-14-20-25(24)37-28(35)30(6)38-32(27(34)23-17-11-8-12-18-23)31(29(3,4)5)26(33)22-15-9-7-10-16-22/h7-21H,1-6H3. The van der Waals surface area contributed by atoms with Crippen molar-refractivity contribution in [3.8, 4) is 11.5 Å². The third-order valence-corrected chi connectivity index (χ3v) is 5.97. The molecule has 0 aliphatic rings. The van der Waals surface area contributed by atoms with Gasteiger partial charge in [-0.3, -0.25) is 9.59 Å². The number of para-hydroxylation sites is 2. The molecule has 0 heterocycles. The monoisotopic (exact) mass is 535 g/mol. The van der Waals surface area contributed by atoms with Crippen LogP contribution in [0.25, 0.3) is 0 Å². The van der Waals surface area contributed by atoms with Crippen LogP contribution in [-0.4, -0.2) is 50.3 Å². The van der Waals surface area contributed by atoms with Gasteiger partial charge in [-0.15, -0.1) is 0 Å². The Morgan fingerprint density at radius 1 is 0.737 bits per heavy atom. The number of ether oxygens (including phenoxy) is 2. The maximum absolute atomic E-state index is 13.8. The Bertz CT molecular complexity index is 1250. The van der Waals surface area contributed by atoms with E-state index in [0.29, 0.717) is 16.9 Å². The molecular formula is C29H33N3O5S. The van der Waals surface area contributed by atoms with Gasteiger partial charge in [0.05, 0.1) is 11.6 Å². The van der Waals surface area contributed by atoms with E-state index in [0.717, 1.165) is 16.4 Å². The van der Waals surface area contributed by atoms with Gasteiger partial charge in [0, 0.05) is 18.2 Å². The van der Waals surface area contributed by atoms with E-state index in [1.54, 1.807) is 78.9 Å². The predicted octanol–water partition coefficient (Wildman–Crippen LogP) is 6.47. The van der Waals surface area contributed by atoms with Crippen LogP contribution in [0.3, 0.4) is 0 Å². The Morgan fingerprint density at radius 2 is 1.21 bits per heavy atom. The highest BCUT2D eigenvalue weighted by Crippen LogP contribution is 2.32. The van der Waals surface area contributed by atoms with Gasteiger partial charge in [-0.1, -0.05) is 48.5 Å². The van der Waals surface area contributed by atoms with E-state index >= 15 is 0 Å². The zero-order valence-electron chi connectivity index (χ0n) is 22.5. The summed E-state index contributed by atoms with van der Waals surface area (Å²) >= 11 is 0.760. The highest BCUT2D eigenvalue weighted by Gasteiger charge is 2.38. The van der Waals surface area contributed by atoms with Gasteiger partial charge in [-0.05, 0) is 71.0 Å². The van der Waals surface area contributed by atoms with Gasteiger partial charge in [0.15, 0.2) is 11.5 Å². The van der Waals surface area contributed by atoms with Gasteiger partial charge in [0.2, 0.25) is 0 Å². The lowest BCUT2D eigenvalue weighted by molar-refractivity contribution is -0.00126. The zero-order valence-corrected chi connectivity index (χ0v) is 23.3. The molecule has 200 valence electrons. The van der Waals surface area contributed by atoms with Gasteiger partial charge >= 0.3 is 6.09 Å². The van der Waals surface area contributed by atoms with Crippen LogP contribution in [0.1, 0.15) is 55.3 Å². The Balaban J connectivity index is 1.95. The number of rotatable bonds is 7. The summed E-state index contributed by atoms with van der Waals surface area (Å²) in [5.74, 6) is -0.208. The maximum Gasteiger partial charge on any atom is 0.426 e. The highest BCUT2D eigenvalue weighted by atomic mass is 32.2. The lowest BCUT2D eigenvalue weighted by Gasteiger charge is -2.42. The number of carbonyl (C=O) groups is 3. The number of hydrogen-bond acceptors (Lipinski definition) is 6. The van der Waals surface area contributed by atoms with E-state index in [2.05, 4.69) is 0 Å². The van der Waals surface area contributed by atoms with Crippen molar-refractivity contribution in [1.82, 2.24) is 13.7 Å². The molecule has 9 heteroatoms. The van der Waals surface area contributed by atoms with E-state index in [9.17, 15) is 14.4 Å². The zero-order chi connectivity index (χ0) is 27.9. The second-order valence-corrected chi connectivity index (χ2v) is 10.7. The van der Waals surface area contributed by atoms with Crippen LogP contribution in [0.15, 0.2) is 84.9 Å². The molecule has 0 atom stereocenters. The molecule has 0 aliphatic carbocycles. The molecule has 0 aromatic heterocycles. The summed E-state index contributed by atoms with van der Waals surface area (Å²) in [4.78, 5) is 40.6. The minimum atomic E-state index is -0.827. The van der Waals surface area contributed by atoms with E-state index in [1.165, 1.54) is 16.5 Å². The first-order valence-corrected chi connectivity index (χ1v) is 12.9. The number of hydrazine groups is 1. The molecule has 3 aromatic carbocycles. The molecule has 38 heavy (non-hydrogen) atoms. The lowest BCUT2D eigenvalue weighted by atomic mass is 10.1. The predicted molar refractivity (Wildman–Crippen MR) is 149 cm³/mol. The van der Waals surface area contributed by atoms with E-state index in [1.807, 2.05) is 40.7 Å². The van der Waals surface area contributed by atoms with Crippen molar-refractivity contribution in [2.75, 3.05) is 7.05 Å². The van der Waals surface area contributed by atoms with Crippen molar-refractivity contribution in [3.05, 3.63) is 96.1 Å². The second-order valence-electron chi connectivity index (χ2n) is 9.66. The quantitative estimate of drug-likeness (QED) is 0.255. The summed E-state index contributed by atoms with van der Waals surface area (Å²) < 4.78 is 13.7. The van der Waals surface area contributed by atoms with E-state index in [-0.39, 0.29) is 11.9 Å². The van der Waals surface area contributed by atoms with Gasteiger partial charge in [-0.2, -0.15) is 4.41 Å². The summed E-state index contributed by atoms with van der Waals surface area (Å²) in [5.41, 5.74) is -0.0706. The molecule has 0 unspecified atom stereocenters. The molecule has 3 aromatic rings. The van der Waals surface area contributed by atoms with E-state index < -0.39 is 23.4 Å². The number of benzene rings is 3. The largest absolute Gasteiger partial charge is 0.487 e. The van der Waals surface area contributed by atoms with Crippen molar-refractivity contribution >= 4 is 30.0 Å². The highest BCUT2D eigenvalue weighted by molar-refractivity contribution is 7.95. The minimum Gasteiger partial charge on any atom is -0.487 e. The molecule has 0 saturated carbocycles. The average molecular weight is 536 g/mol. The molecule has 0 saturated heterocycles. The van der Waals surface area contributed by atoms with Crippen molar-refractivity contribution < 1.29 is 23.9 Å². The number of hydrogen-bond donors (Lipinski definition) is 0. The molecule has 8 nitrogen and oxygen atoms in total. The maximum atomic E-state index is 13.8. The molecule has 0 fully saturated rings. The van der Waals surface area contributed by atoms with Crippen LogP contribution < -0.4 is 9.47 Å². The van der Waals surface area contributed by atoms with Crippen LogP contribution >= 0.6 is 12.1 Å². The van der Waals surface area contributed by atoms with Crippen LogP contribution in [0.5, 0.6) is 11.5 Å². The fourth-order valence-electron chi connectivity index (χ4n) is 3.41. The molecule has 3 rings (SSSR count). The lowest BCUT2D eigenvalue weighted by Crippen LogP contribution is -2.56. The van der Waals surface area contributed by atoms with Crippen molar-refractivity contribution in [2.24, 2.45) is 0 Å². The van der Waals surface area contributed by atoms with Crippen LogP contribution in [-0.2, 0) is 0 Å². The fraction of sp³-hybridized carbons (Fsp3) is 0.276. The third kappa shape index (κ3) is 7.29. The molecule has 0 aliphatic heterocycles. The summed E-state index contributed by atoms with van der Waals surface area (Å²) in [6.07, 6.45) is -0.869. The minimum absolute atomic E-state index is 0.120. The smallest absolute Gasteiger partial charge is 0.426 e. The SMILES string of the molecule is CC(C)Oc1ccccc1OC(=O)N(C)SN(C(=O)c1ccccc1)N(C(=O)c1ccccc1)C(C)(C)C. The molecule has 0 spiro atoms. The Hall–Kier alpha value is -3.98. The average Bonchev–Trinajstić information content (AvgIpc) is 2.88. The Kier molecular flexibility index (Phi) is 9.41. The first kappa shape index (κ1) is 28.6. The topological polar surface area (TPSA) is 79.4 Å². The molecule has 0 N–H and O–H groups in total. The van der Waals surface area contributed by atoms with Gasteiger partial charge in [0.1, 0.15) is 12.1 Å². The van der Waals surface area contributed by atoms with Crippen molar-refractivity contribution in [1.29, 1.82) is 0 Å². The molecular weight excluding hydrogens is 502 g/mol. The summed E-state index contributed by atoms with van der Waals surface area (Å²) in [6.45, 7) is 9.20. The van der Waals surface area contributed by atoms with Crippen LogP contribution in [0.2, 0.25) is 0 Å². The molecule has 3 amide bonds. The second kappa shape index (κ2) is 12.5. The number of nitrogens with zero attached hydrogens (tertiary/aromatic N) is 3. The number of carbonyl (C=O) groups excluding carboxylic acids is 3. The summed E-state index contributed by atoms with van der Waals surface area (Å²) in [6, 6.07) is 24.1. The third-order valence-electron chi connectivity index (χ3n) is 5.09. The van der Waals surface area contributed by atoms with Crippen LogP contribution in [0.4, 0.5) is 4.79 Å². The summed E-state index contributed by atoms with van der Waals surface area (Å²) in [5, 5.41) is 1.35. The van der Waals surface area contributed by atoms with E-state index in [4.69, 9.17) is 9.47 Å². The van der Waals surface area contributed by atoms with Gasteiger partial charge in [-0.25, -0.2) is 14.1 Å². The fourth-order valence-corrected chi connectivity index (χ4v) is 4.32. The molecule has 0 radical (unpaired) electrons. The number of amides is 3. The first-order valence-electron chi connectivity index (χ1n) is 12.2. The Morgan fingerprint density at radius 3 is 1.71 bits per heavy atom. The normalized spacial score (nSPS) is 11.0. The Labute approximate surface area is 228 Å². The van der Waals surface area contributed by atoms with Crippen LogP contribution in [0, 0.1) is 0 Å². The first-order chi connectivity index (χ1) is 18.0. The van der Waals surface area contributed by atoms with Gasteiger partial charge in [0.25, 0.3) is 11.8 Å².